The summed E-state index contributed by atoms with van der Waals surface area (Å²) < 4.78 is 7.55. The van der Waals surface area contributed by atoms with Crippen LogP contribution in [0.1, 0.15) is 32.6 Å². The lowest BCUT2D eigenvalue weighted by atomic mass is 9.87. The summed E-state index contributed by atoms with van der Waals surface area (Å²) in [6.45, 7) is 4.68. The minimum absolute atomic E-state index is 0.0846. The fourth-order valence-corrected chi connectivity index (χ4v) is 4.04. The number of ether oxygens (including phenoxy) is 1. The zero-order chi connectivity index (χ0) is 18.9. The second-order valence-electron chi connectivity index (χ2n) is 7.54. The minimum atomic E-state index is -0.182. The van der Waals surface area contributed by atoms with Gasteiger partial charge >= 0.3 is 0 Å². The molecular formula is C21H25N3O3. The number of hydrogen-bond acceptors (Lipinski definition) is 4. The third-order valence-electron chi connectivity index (χ3n) is 5.66. The van der Waals surface area contributed by atoms with Crippen LogP contribution in [0.2, 0.25) is 0 Å². The maximum Gasteiger partial charge on any atom is 0.261 e. The van der Waals surface area contributed by atoms with E-state index in [1.54, 1.807) is 6.07 Å². The van der Waals surface area contributed by atoms with Crippen molar-refractivity contribution >= 4 is 16.8 Å². The van der Waals surface area contributed by atoms with Crippen LogP contribution in [0.15, 0.2) is 47.0 Å². The summed E-state index contributed by atoms with van der Waals surface area (Å²) in [5, 5.41) is 0.587. The van der Waals surface area contributed by atoms with E-state index in [4.69, 9.17) is 4.74 Å². The number of nitrogens with zero attached hydrogens (tertiary/aromatic N) is 3. The lowest BCUT2D eigenvalue weighted by Crippen LogP contribution is -2.48. The van der Waals surface area contributed by atoms with Crippen LogP contribution >= 0.6 is 0 Å². The Morgan fingerprint density at radius 2 is 2.04 bits per heavy atom. The molecule has 2 aliphatic rings. The van der Waals surface area contributed by atoms with E-state index in [9.17, 15) is 9.59 Å². The first-order valence-corrected chi connectivity index (χ1v) is 9.61. The van der Waals surface area contributed by atoms with Crippen molar-refractivity contribution in [1.82, 2.24) is 14.5 Å². The molecule has 1 spiro atoms. The molecule has 2 aromatic rings. The first-order valence-electron chi connectivity index (χ1n) is 9.61. The summed E-state index contributed by atoms with van der Waals surface area (Å²) >= 11 is 0. The zero-order valence-electron chi connectivity index (χ0n) is 15.7. The second-order valence-corrected chi connectivity index (χ2v) is 7.54. The Morgan fingerprint density at radius 3 is 2.81 bits per heavy atom. The highest BCUT2D eigenvalue weighted by Crippen LogP contribution is 2.33. The van der Waals surface area contributed by atoms with Crippen LogP contribution in [0.3, 0.4) is 0 Å². The summed E-state index contributed by atoms with van der Waals surface area (Å²) in [5.74, 6) is 0.0846. The van der Waals surface area contributed by atoms with Gasteiger partial charge in [0.2, 0.25) is 5.91 Å². The highest BCUT2D eigenvalue weighted by atomic mass is 16.5. The van der Waals surface area contributed by atoms with Gasteiger partial charge in [-0.05, 0) is 38.3 Å². The van der Waals surface area contributed by atoms with Gasteiger partial charge in [0.05, 0.1) is 29.4 Å². The van der Waals surface area contributed by atoms with E-state index in [1.807, 2.05) is 23.1 Å². The van der Waals surface area contributed by atoms with Crippen molar-refractivity contribution in [2.24, 2.45) is 0 Å². The van der Waals surface area contributed by atoms with Gasteiger partial charge in [0, 0.05) is 26.1 Å². The Labute approximate surface area is 158 Å². The molecule has 0 N–H and O–H groups in total. The van der Waals surface area contributed by atoms with Crippen LogP contribution in [0.5, 0.6) is 0 Å². The number of aromatic nitrogens is 2. The number of benzene rings is 1. The molecule has 6 nitrogen and oxygen atoms in total. The van der Waals surface area contributed by atoms with Gasteiger partial charge in [-0.3, -0.25) is 14.2 Å². The van der Waals surface area contributed by atoms with Crippen molar-refractivity contribution < 1.29 is 9.53 Å². The van der Waals surface area contributed by atoms with Gasteiger partial charge in [-0.2, -0.15) is 0 Å². The first-order chi connectivity index (χ1) is 13.1. The van der Waals surface area contributed by atoms with Crippen molar-refractivity contribution in [3.63, 3.8) is 0 Å². The normalized spacial score (nSPS) is 19.3. The molecule has 3 heterocycles. The van der Waals surface area contributed by atoms with Gasteiger partial charge in [0.25, 0.3) is 5.56 Å². The SMILES string of the molecule is CC1=CC2(CCN(C(=O)CCn3cnc4ccccc4c3=O)CC2)OCC1. The predicted octanol–water partition coefficient (Wildman–Crippen LogP) is 2.51. The molecule has 2 aliphatic heterocycles. The smallest absolute Gasteiger partial charge is 0.261 e. The van der Waals surface area contributed by atoms with Crippen LogP contribution in [-0.4, -0.2) is 45.7 Å². The number of carbonyl (C=O) groups is 1. The molecule has 1 aromatic heterocycles. The summed E-state index contributed by atoms with van der Waals surface area (Å²) in [6, 6.07) is 7.28. The number of para-hydroxylation sites is 1. The number of piperidine rings is 1. The Bertz CT molecular complexity index is 939. The number of fused-ring (bicyclic) bond motifs is 1. The molecular weight excluding hydrogens is 342 g/mol. The van der Waals surface area contributed by atoms with E-state index in [0.717, 1.165) is 25.9 Å². The Hall–Kier alpha value is -2.47. The Balaban J connectivity index is 1.37. The predicted molar refractivity (Wildman–Crippen MR) is 103 cm³/mol. The largest absolute Gasteiger partial charge is 0.370 e. The van der Waals surface area contributed by atoms with Gasteiger partial charge in [0.1, 0.15) is 0 Å². The monoisotopic (exact) mass is 367 g/mol. The highest BCUT2D eigenvalue weighted by molar-refractivity contribution is 5.77. The molecule has 0 bridgehead atoms. The number of carbonyl (C=O) groups excluding carboxylic acids is 1. The van der Waals surface area contributed by atoms with Gasteiger partial charge in [0.15, 0.2) is 0 Å². The van der Waals surface area contributed by atoms with Crippen molar-refractivity contribution in [2.75, 3.05) is 19.7 Å². The zero-order valence-corrected chi connectivity index (χ0v) is 15.7. The van der Waals surface area contributed by atoms with Crippen molar-refractivity contribution in [3.8, 4) is 0 Å². The van der Waals surface area contributed by atoms with Crippen molar-refractivity contribution in [2.45, 2.75) is 44.8 Å². The van der Waals surface area contributed by atoms with E-state index in [1.165, 1.54) is 16.5 Å². The van der Waals surface area contributed by atoms with Crippen LogP contribution in [0, 0.1) is 0 Å². The van der Waals surface area contributed by atoms with E-state index < -0.39 is 0 Å². The number of hydrogen-bond donors (Lipinski definition) is 0. The molecule has 0 atom stereocenters. The van der Waals surface area contributed by atoms with Gasteiger partial charge in [-0.15, -0.1) is 0 Å². The van der Waals surface area contributed by atoms with Crippen molar-refractivity contribution in [3.05, 3.63) is 52.6 Å². The number of likely N-dealkylation sites (tertiary alicyclic amines) is 1. The number of amides is 1. The van der Waals surface area contributed by atoms with E-state index in [-0.39, 0.29) is 17.1 Å². The maximum absolute atomic E-state index is 12.6. The molecule has 1 saturated heterocycles. The average Bonchev–Trinajstić information content (AvgIpc) is 2.68. The van der Waals surface area contributed by atoms with Crippen molar-refractivity contribution in [1.29, 1.82) is 0 Å². The van der Waals surface area contributed by atoms with Crippen LogP contribution in [-0.2, 0) is 16.1 Å². The fourth-order valence-electron chi connectivity index (χ4n) is 4.04. The summed E-state index contributed by atoms with van der Waals surface area (Å²) in [7, 11) is 0. The standard InChI is InChI=1S/C21H25N3O3/c1-16-7-13-27-21(14-16)8-11-23(12-9-21)19(25)6-10-24-15-22-18-5-3-2-4-17(18)20(24)26/h2-5,14-15H,6-13H2,1H3. The van der Waals surface area contributed by atoms with Gasteiger partial charge in [-0.1, -0.05) is 23.8 Å². The molecule has 0 saturated carbocycles. The second kappa shape index (κ2) is 7.27. The molecule has 4 rings (SSSR count). The first kappa shape index (κ1) is 17.9. The molecule has 0 radical (unpaired) electrons. The average molecular weight is 367 g/mol. The van der Waals surface area contributed by atoms with E-state index >= 15 is 0 Å². The molecule has 0 unspecified atom stereocenters. The Kier molecular flexibility index (Phi) is 4.83. The fraction of sp³-hybridized carbons (Fsp3) is 0.476. The Morgan fingerprint density at radius 1 is 1.26 bits per heavy atom. The van der Waals surface area contributed by atoms with Crippen LogP contribution < -0.4 is 5.56 Å². The molecule has 0 aliphatic carbocycles. The van der Waals surface area contributed by atoms with E-state index in [2.05, 4.69) is 18.0 Å². The molecule has 1 fully saturated rings. The lowest BCUT2D eigenvalue weighted by Gasteiger charge is -2.42. The van der Waals surface area contributed by atoms with Gasteiger partial charge < -0.3 is 9.64 Å². The highest BCUT2D eigenvalue weighted by Gasteiger charge is 2.36. The third kappa shape index (κ3) is 3.67. The molecule has 1 amide bonds. The quantitative estimate of drug-likeness (QED) is 0.782. The molecule has 6 heteroatoms. The van der Waals surface area contributed by atoms with Crippen LogP contribution in [0.25, 0.3) is 10.9 Å². The summed E-state index contributed by atoms with van der Waals surface area (Å²) in [5.41, 5.74) is 1.78. The summed E-state index contributed by atoms with van der Waals surface area (Å²) in [4.78, 5) is 31.3. The molecule has 27 heavy (non-hydrogen) atoms. The van der Waals surface area contributed by atoms with E-state index in [0.29, 0.717) is 37.0 Å². The lowest BCUT2D eigenvalue weighted by molar-refractivity contribution is -0.136. The maximum atomic E-state index is 12.6. The number of rotatable bonds is 3. The summed E-state index contributed by atoms with van der Waals surface area (Å²) in [6.07, 6.45) is 6.77. The van der Waals surface area contributed by atoms with Gasteiger partial charge in [-0.25, -0.2) is 4.98 Å². The van der Waals surface area contributed by atoms with Crippen LogP contribution in [0.4, 0.5) is 0 Å². The molecule has 1 aromatic carbocycles. The number of aryl methyl sites for hydroxylation is 1. The minimum Gasteiger partial charge on any atom is -0.370 e. The molecule has 142 valence electrons. The topological polar surface area (TPSA) is 64.4 Å². The third-order valence-corrected chi connectivity index (χ3v) is 5.66.